The van der Waals surface area contributed by atoms with Crippen molar-refractivity contribution in [1.29, 1.82) is 0 Å². The van der Waals surface area contributed by atoms with Gasteiger partial charge in [-0.3, -0.25) is 9.59 Å². The average Bonchev–Trinajstić information content (AvgIpc) is 2.31. The standard InChI is InChI=1S/C11H23N3O2/c1-5-14(4)11(16)9(2)13-8-6-7-10(15)12-3/h9,13H,5-8H2,1-4H3,(H,12,15). The van der Waals surface area contributed by atoms with Gasteiger partial charge in [-0.1, -0.05) is 0 Å². The van der Waals surface area contributed by atoms with Crippen molar-refractivity contribution in [2.75, 3.05) is 27.2 Å². The van der Waals surface area contributed by atoms with Gasteiger partial charge >= 0.3 is 0 Å². The van der Waals surface area contributed by atoms with Crippen LogP contribution in [0.4, 0.5) is 0 Å². The molecule has 0 aromatic rings. The van der Waals surface area contributed by atoms with Crippen molar-refractivity contribution in [2.24, 2.45) is 0 Å². The molecule has 1 unspecified atom stereocenters. The fourth-order valence-corrected chi connectivity index (χ4v) is 1.27. The highest BCUT2D eigenvalue weighted by Crippen LogP contribution is 1.93. The predicted octanol–water partition coefficient (Wildman–Crippen LogP) is -0.0310. The summed E-state index contributed by atoms with van der Waals surface area (Å²) in [7, 11) is 3.41. The van der Waals surface area contributed by atoms with Crippen molar-refractivity contribution in [3.05, 3.63) is 0 Å². The van der Waals surface area contributed by atoms with Crippen LogP contribution in [0.5, 0.6) is 0 Å². The first-order valence-electron chi connectivity index (χ1n) is 5.71. The second-order valence-electron chi connectivity index (χ2n) is 3.80. The van der Waals surface area contributed by atoms with Crippen LogP contribution in [0.1, 0.15) is 26.7 Å². The third kappa shape index (κ3) is 5.70. The molecule has 5 heteroatoms. The SMILES string of the molecule is CCN(C)C(=O)C(C)NCCCC(=O)NC. The summed E-state index contributed by atoms with van der Waals surface area (Å²) in [6.07, 6.45) is 1.24. The van der Waals surface area contributed by atoms with Crippen LogP contribution in [0.15, 0.2) is 0 Å². The van der Waals surface area contributed by atoms with Crippen molar-refractivity contribution in [3.63, 3.8) is 0 Å². The zero-order valence-corrected chi connectivity index (χ0v) is 10.7. The van der Waals surface area contributed by atoms with E-state index in [0.717, 1.165) is 6.42 Å². The van der Waals surface area contributed by atoms with E-state index in [-0.39, 0.29) is 17.9 Å². The van der Waals surface area contributed by atoms with Crippen molar-refractivity contribution in [3.8, 4) is 0 Å². The quantitative estimate of drug-likeness (QED) is 0.603. The van der Waals surface area contributed by atoms with Crippen LogP contribution in [-0.2, 0) is 9.59 Å². The molecule has 2 N–H and O–H groups in total. The minimum absolute atomic E-state index is 0.0338. The van der Waals surface area contributed by atoms with Crippen molar-refractivity contribution in [2.45, 2.75) is 32.7 Å². The summed E-state index contributed by atoms with van der Waals surface area (Å²) in [5.74, 6) is 0.119. The summed E-state index contributed by atoms with van der Waals surface area (Å²) in [6, 6.07) is -0.186. The van der Waals surface area contributed by atoms with Gasteiger partial charge in [0.15, 0.2) is 0 Å². The van der Waals surface area contributed by atoms with E-state index in [1.165, 1.54) is 0 Å². The smallest absolute Gasteiger partial charge is 0.239 e. The number of hydrogen-bond donors (Lipinski definition) is 2. The number of hydrogen-bond acceptors (Lipinski definition) is 3. The van der Waals surface area contributed by atoms with E-state index in [2.05, 4.69) is 10.6 Å². The first kappa shape index (κ1) is 14.9. The second kappa shape index (κ2) is 8.10. The molecule has 1 atom stereocenters. The maximum absolute atomic E-state index is 11.6. The Hall–Kier alpha value is -1.10. The molecule has 0 saturated heterocycles. The third-order valence-corrected chi connectivity index (χ3v) is 2.53. The molecule has 16 heavy (non-hydrogen) atoms. The Morgan fingerprint density at radius 2 is 2.00 bits per heavy atom. The predicted molar refractivity (Wildman–Crippen MR) is 64.1 cm³/mol. The van der Waals surface area contributed by atoms with Gasteiger partial charge in [0.1, 0.15) is 0 Å². The Labute approximate surface area is 97.6 Å². The van der Waals surface area contributed by atoms with E-state index < -0.39 is 0 Å². The molecule has 0 bridgehead atoms. The summed E-state index contributed by atoms with van der Waals surface area (Å²) in [5.41, 5.74) is 0. The molecule has 0 aromatic heterocycles. The molecule has 0 aliphatic rings. The third-order valence-electron chi connectivity index (χ3n) is 2.53. The van der Waals surface area contributed by atoms with Crippen LogP contribution in [0, 0.1) is 0 Å². The highest BCUT2D eigenvalue weighted by Gasteiger charge is 2.14. The van der Waals surface area contributed by atoms with E-state index in [1.54, 1.807) is 19.0 Å². The van der Waals surface area contributed by atoms with Gasteiger partial charge in [-0.15, -0.1) is 0 Å². The molecule has 0 aliphatic heterocycles. The zero-order valence-electron chi connectivity index (χ0n) is 10.7. The van der Waals surface area contributed by atoms with Crippen LogP contribution in [0.3, 0.4) is 0 Å². The van der Waals surface area contributed by atoms with E-state index in [1.807, 2.05) is 13.8 Å². The summed E-state index contributed by atoms with van der Waals surface area (Å²) < 4.78 is 0. The summed E-state index contributed by atoms with van der Waals surface area (Å²) >= 11 is 0. The maximum atomic E-state index is 11.6. The molecule has 0 heterocycles. The van der Waals surface area contributed by atoms with Gasteiger partial charge in [-0.25, -0.2) is 0 Å². The van der Waals surface area contributed by atoms with Crippen LogP contribution >= 0.6 is 0 Å². The summed E-state index contributed by atoms with van der Waals surface area (Å²) in [6.45, 7) is 5.17. The molecule has 0 saturated carbocycles. The molecular formula is C11H23N3O2. The van der Waals surface area contributed by atoms with E-state index >= 15 is 0 Å². The van der Waals surface area contributed by atoms with Crippen molar-refractivity contribution < 1.29 is 9.59 Å². The largest absolute Gasteiger partial charge is 0.359 e. The van der Waals surface area contributed by atoms with Gasteiger partial charge < -0.3 is 15.5 Å². The number of rotatable bonds is 7. The molecule has 94 valence electrons. The van der Waals surface area contributed by atoms with Gasteiger partial charge in [0.25, 0.3) is 0 Å². The fraction of sp³-hybridized carbons (Fsp3) is 0.818. The molecule has 0 rings (SSSR count). The Bertz CT molecular complexity index is 231. The maximum Gasteiger partial charge on any atom is 0.239 e. The van der Waals surface area contributed by atoms with Gasteiger partial charge in [-0.2, -0.15) is 0 Å². The molecular weight excluding hydrogens is 206 g/mol. The van der Waals surface area contributed by atoms with Crippen LogP contribution < -0.4 is 10.6 Å². The minimum atomic E-state index is -0.186. The number of carbonyl (C=O) groups excluding carboxylic acids is 2. The number of likely N-dealkylation sites (N-methyl/N-ethyl adjacent to an activating group) is 1. The summed E-state index contributed by atoms with van der Waals surface area (Å²) in [4.78, 5) is 24.3. The number of nitrogens with zero attached hydrogens (tertiary/aromatic N) is 1. The lowest BCUT2D eigenvalue weighted by Gasteiger charge is -2.20. The number of carbonyl (C=O) groups is 2. The Kier molecular flexibility index (Phi) is 7.54. The lowest BCUT2D eigenvalue weighted by atomic mass is 10.2. The van der Waals surface area contributed by atoms with Crippen molar-refractivity contribution in [1.82, 2.24) is 15.5 Å². The van der Waals surface area contributed by atoms with Gasteiger partial charge in [-0.05, 0) is 26.8 Å². The van der Waals surface area contributed by atoms with Crippen LogP contribution in [-0.4, -0.2) is 49.9 Å². The monoisotopic (exact) mass is 229 g/mol. The van der Waals surface area contributed by atoms with Crippen LogP contribution in [0.25, 0.3) is 0 Å². The number of nitrogens with one attached hydrogen (secondary N) is 2. The second-order valence-corrected chi connectivity index (χ2v) is 3.80. The Balaban J connectivity index is 3.69. The van der Waals surface area contributed by atoms with E-state index in [9.17, 15) is 9.59 Å². The molecule has 0 fully saturated rings. The van der Waals surface area contributed by atoms with E-state index in [4.69, 9.17) is 0 Å². The highest BCUT2D eigenvalue weighted by molar-refractivity contribution is 5.81. The van der Waals surface area contributed by atoms with Gasteiger partial charge in [0.05, 0.1) is 6.04 Å². The first-order valence-corrected chi connectivity index (χ1v) is 5.71. The molecule has 0 aliphatic carbocycles. The van der Waals surface area contributed by atoms with Crippen molar-refractivity contribution >= 4 is 11.8 Å². The molecule has 0 aromatic carbocycles. The highest BCUT2D eigenvalue weighted by atomic mass is 16.2. The molecule has 2 amide bonds. The van der Waals surface area contributed by atoms with Gasteiger partial charge in [0.2, 0.25) is 11.8 Å². The zero-order chi connectivity index (χ0) is 12.6. The molecule has 0 radical (unpaired) electrons. The fourth-order valence-electron chi connectivity index (χ4n) is 1.27. The lowest BCUT2D eigenvalue weighted by Crippen LogP contribution is -2.43. The Morgan fingerprint density at radius 1 is 1.38 bits per heavy atom. The first-order chi connectivity index (χ1) is 7.52. The molecule has 5 nitrogen and oxygen atoms in total. The van der Waals surface area contributed by atoms with Gasteiger partial charge in [0, 0.05) is 27.1 Å². The normalized spacial score (nSPS) is 12.0. The number of amides is 2. The average molecular weight is 229 g/mol. The van der Waals surface area contributed by atoms with Crippen LogP contribution in [0.2, 0.25) is 0 Å². The lowest BCUT2D eigenvalue weighted by molar-refractivity contribution is -0.131. The topological polar surface area (TPSA) is 61.4 Å². The Morgan fingerprint density at radius 3 is 2.50 bits per heavy atom. The minimum Gasteiger partial charge on any atom is -0.359 e. The van der Waals surface area contributed by atoms with E-state index in [0.29, 0.717) is 19.5 Å². The summed E-state index contributed by atoms with van der Waals surface area (Å²) in [5, 5.41) is 5.67. The molecule has 0 spiro atoms.